The summed E-state index contributed by atoms with van der Waals surface area (Å²) in [5.41, 5.74) is 0. The van der Waals surface area contributed by atoms with Crippen molar-refractivity contribution in [2.45, 2.75) is 65.3 Å². The molecule has 0 fully saturated rings. The second-order valence-electron chi connectivity index (χ2n) is 4.54. The van der Waals surface area contributed by atoms with E-state index >= 15 is 0 Å². The molecule has 0 aromatic carbocycles. The second-order valence-corrected chi connectivity index (χ2v) is 7.65. The smallest absolute Gasteiger partial charge is 0.374 e. The lowest BCUT2D eigenvalue weighted by molar-refractivity contribution is 0.0706. The average Bonchev–Trinajstić information content (AvgIpc) is 2.39. The second kappa shape index (κ2) is 13.4. The quantitative estimate of drug-likeness (QED) is 0.266. The van der Waals surface area contributed by atoms with Crippen molar-refractivity contribution in [3.63, 3.8) is 0 Å². The molecule has 5 heteroatoms. The van der Waals surface area contributed by atoms with Gasteiger partial charge in [0.25, 0.3) is 0 Å². The summed E-state index contributed by atoms with van der Waals surface area (Å²) >= 11 is 5.66. The van der Waals surface area contributed by atoms with Crippen molar-refractivity contribution in [3.8, 4) is 0 Å². The maximum Gasteiger partial charge on any atom is 0.500 e. The summed E-state index contributed by atoms with van der Waals surface area (Å²) in [5, 5.41) is 0. The van der Waals surface area contributed by atoms with Crippen molar-refractivity contribution >= 4 is 20.4 Å². The van der Waals surface area contributed by atoms with Crippen LogP contribution >= 0.6 is 11.6 Å². The third-order valence-corrected chi connectivity index (χ3v) is 6.38. The monoisotopic (exact) mass is 310 g/mol. The Morgan fingerprint density at radius 2 is 1.11 bits per heavy atom. The molecule has 0 aliphatic rings. The summed E-state index contributed by atoms with van der Waals surface area (Å²) in [7, 11) is -2.39. The minimum atomic E-state index is -2.39. The largest absolute Gasteiger partial charge is 0.500 e. The van der Waals surface area contributed by atoms with E-state index in [9.17, 15) is 0 Å². The maximum atomic E-state index is 5.83. The van der Waals surface area contributed by atoms with E-state index in [2.05, 4.69) is 0 Å². The minimum absolute atomic E-state index is 0.669. The van der Waals surface area contributed by atoms with Crippen LogP contribution < -0.4 is 0 Å². The third-order valence-electron chi connectivity index (χ3n) is 2.96. The van der Waals surface area contributed by atoms with Crippen LogP contribution in [0.3, 0.4) is 0 Å². The molecule has 0 aliphatic heterocycles. The summed E-state index contributed by atoms with van der Waals surface area (Å²) in [4.78, 5) is 0. The zero-order valence-electron chi connectivity index (χ0n) is 12.9. The Morgan fingerprint density at radius 1 is 0.684 bits per heavy atom. The lowest BCUT2D eigenvalue weighted by Gasteiger charge is -2.28. The van der Waals surface area contributed by atoms with Gasteiger partial charge in [-0.05, 0) is 33.6 Å². The van der Waals surface area contributed by atoms with Crippen molar-refractivity contribution in [1.29, 1.82) is 0 Å². The maximum absolute atomic E-state index is 5.83. The first-order valence-electron chi connectivity index (χ1n) is 7.72. The highest BCUT2D eigenvalue weighted by Gasteiger charge is 2.39. The molecule has 0 spiro atoms. The van der Waals surface area contributed by atoms with E-state index in [0.717, 1.165) is 24.8 Å². The van der Waals surface area contributed by atoms with Crippen LogP contribution in [-0.2, 0) is 13.3 Å². The Balaban J connectivity index is 3.89. The lowest BCUT2D eigenvalue weighted by atomic mass is 10.1. The van der Waals surface area contributed by atoms with Gasteiger partial charge in [0.05, 0.1) is 0 Å². The highest BCUT2D eigenvalue weighted by atomic mass is 35.5. The van der Waals surface area contributed by atoms with Gasteiger partial charge in [-0.3, -0.25) is 0 Å². The van der Waals surface area contributed by atoms with Crippen LogP contribution in [0.25, 0.3) is 0 Å². The Hall–Kier alpha value is 0.387. The Morgan fingerprint density at radius 3 is 1.53 bits per heavy atom. The lowest BCUT2D eigenvalue weighted by Crippen LogP contribution is -2.45. The number of halogens is 1. The van der Waals surface area contributed by atoms with E-state index in [1.54, 1.807) is 0 Å². The minimum Gasteiger partial charge on any atom is -0.374 e. The fourth-order valence-corrected chi connectivity index (χ4v) is 5.02. The van der Waals surface area contributed by atoms with Crippen LogP contribution in [0.1, 0.15) is 59.3 Å². The van der Waals surface area contributed by atoms with Crippen molar-refractivity contribution < 1.29 is 13.3 Å². The summed E-state index contributed by atoms with van der Waals surface area (Å²) in [6.45, 7) is 8.02. The molecule has 0 radical (unpaired) electrons. The molecule has 116 valence electrons. The van der Waals surface area contributed by atoms with Gasteiger partial charge in [-0.1, -0.05) is 25.7 Å². The van der Waals surface area contributed by atoms with Crippen LogP contribution in [0.4, 0.5) is 0 Å². The van der Waals surface area contributed by atoms with E-state index in [0.29, 0.717) is 19.8 Å². The van der Waals surface area contributed by atoms with Gasteiger partial charge in [-0.15, -0.1) is 11.6 Å². The molecule has 0 atom stereocenters. The van der Waals surface area contributed by atoms with Gasteiger partial charge < -0.3 is 13.3 Å². The van der Waals surface area contributed by atoms with Crippen molar-refractivity contribution in [2.24, 2.45) is 0 Å². The fourth-order valence-electron chi connectivity index (χ4n) is 2.14. The van der Waals surface area contributed by atoms with Gasteiger partial charge in [0.1, 0.15) is 0 Å². The molecule has 0 saturated heterocycles. The van der Waals surface area contributed by atoms with Crippen LogP contribution in [0.5, 0.6) is 0 Å². The van der Waals surface area contributed by atoms with Crippen LogP contribution in [0.2, 0.25) is 6.04 Å². The predicted molar refractivity (Wildman–Crippen MR) is 83.9 cm³/mol. The zero-order chi connectivity index (χ0) is 14.4. The summed E-state index contributed by atoms with van der Waals surface area (Å²) < 4.78 is 17.5. The van der Waals surface area contributed by atoms with Gasteiger partial charge in [0, 0.05) is 31.7 Å². The molecule has 0 bridgehead atoms. The number of hydrogen-bond donors (Lipinski definition) is 0. The van der Waals surface area contributed by atoms with Gasteiger partial charge >= 0.3 is 8.80 Å². The molecule has 0 saturated carbocycles. The van der Waals surface area contributed by atoms with Gasteiger partial charge in [0.15, 0.2) is 0 Å². The van der Waals surface area contributed by atoms with Gasteiger partial charge in [-0.2, -0.15) is 0 Å². The van der Waals surface area contributed by atoms with Crippen LogP contribution in [0.15, 0.2) is 0 Å². The predicted octanol–water partition coefficient (Wildman–Crippen LogP) is 4.61. The molecule has 0 unspecified atom stereocenters. The number of alkyl halides is 1. The first kappa shape index (κ1) is 19.4. The van der Waals surface area contributed by atoms with E-state index in [1.165, 1.54) is 25.7 Å². The molecular weight excluding hydrogens is 280 g/mol. The summed E-state index contributed by atoms with van der Waals surface area (Å²) in [6, 6.07) is 0.942. The number of hydrogen-bond acceptors (Lipinski definition) is 3. The van der Waals surface area contributed by atoms with Gasteiger partial charge in [-0.25, -0.2) is 0 Å². The van der Waals surface area contributed by atoms with Gasteiger partial charge in [0.2, 0.25) is 0 Å². The Bertz CT molecular complexity index is 177. The zero-order valence-corrected chi connectivity index (χ0v) is 14.6. The highest BCUT2D eigenvalue weighted by molar-refractivity contribution is 6.60. The highest BCUT2D eigenvalue weighted by Crippen LogP contribution is 2.20. The number of rotatable bonds is 14. The third kappa shape index (κ3) is 9.85. The molecule has 3 nitrogen and oxygen atoms in total. The molecule has 0 rings (SSSR count). The molecule has 0 aromatic rings. The standard InChI is InChI=1S/C14H31ClO3Si/c1-4-16-19(17-5-2,18-6-3)14-12-10-8-7-9-11-13-15/h4-14H2,1-3H3. The summed E-state index contributed by atoms with van der Waals surface area (Å²) in [6.07, 6.45) is 7.29. The van der Waals surface area contributed by atoms with Crippen molar-refractivity contribution in [2.75, 3.05) is 25.7 Å². The molecule has 0 N–H and O–H groups in total. The van der Waals surface area contributed by atoms with E-state index in [4.69, 9.17) is 24.9 Å². The molecule has 0 amide bonds. The molecule has 0 aromatic heterocycles. The Labute approximate surface area is 125 Å². The van der Waals surface area contributed by atoms with E-state index in [-0.39, 0.29) is 0 Å². The molecular formula is C14H31ClO3Si. The molecule has 0 aliphatic carbocycles. The molecule has 19 heavy (non-hydrogen) atoms. The Kier molecular flexibility index (Phi) is 13.6. The average molecular weight is 311 g/mol. The SMILES string of the molecule is CCO[Si](CCCCCCCCCl)(OCC)OCC. The first-order chi connectivity index (χ1) is 9.24. The van der Waals surface area contributed by atoms with Crippen molar-refractivity contribution in [1.82, 2.24) is 0 Å². The van der Waals surface area contributed by atoms with E-state index in [1.807, 2.05) is 20.8 Å². The topological polar surface area (TPSA) is 27.7 Å². The summed E-state index contributed by atoms with van der Waals surface area (Å²) in [5.74, 6) is 0.787. The normalized spacial score (nSPS) is 12.0. The van der Waals surface area contributed by atoms with E-state index < -0.39 is 8.80 Å². The number of unbranched alkanes of at least 4 members (excludes halogenated alkanes) is 5. The van der Waals surface area contributed by atoms with Crippen molar-refractivity contribution in [3.05, 3.63) is 0 Å². The molecule has 0 heterocycles. The van der Waals surface area contributed by atoms with Crippen LogP contribution in [-0.4, -0.2) is 34.5 Å². The van der Waals surface area contributed by atoms with Crippen LogP contribution in [0, 0.1) is 0 Å². The fraction of sp³-hybridized carbons (Fsp3) is 1.00. The first-order valence-corrected chi connectivity index (χ1v) is 10.2.